The minimum absolute atomic E-state index is 0.0354. The first kappa shape index (κ1) is 35.4. The molecule has 1 aromatic heterocycles. The van der Waals surface area contributed by atoms with E-state index in [0.29, 0.717) is 52.8 Å². The first-order valence-electron chi connectivity index (χ1n) is 16.4. The molecule has 1 atom stereocenters. The molecule has 1 aromatic carbocycles. The Morgan fingerprint density at radius 3 is 2.43 bits per heavy atom. The van der Waals surface area contributed by atoms with Crippen LogP contribution in [-0.4, -0.2) is 101 Å². The standard InChI is InChI=1S/C35H45Cl2N5O4S/c1-35(2,42-16-6-10-30(42)43)13-7-15-40-17-19-41(20-18-40)31(44)23-28-33(34(45)46-4)25(32-26(36)8-5-9-27(32)37)22-24(39(28)3)11-12-29-38-14-21-47-29/h5,8-9,14,21-22,25H,6-7,10-13,15-20,23H2,1-4H3. The molecule has 2 aromatic rings. The molecule has 0 N–H and O–H groups in total. The summed E-state index contributed by atoms with van der Waals surface area (Å²) < 4.78 is 5.29. The van der Waals surface area contributed by atoms with Crippen LogP contribution in [-0.2, 0) is 25.5 Å². The number of rotatable bonds is 12. The molecule has 9 nitrogen and oxygen atoms in total. The quantitative estimate of drug-likeness (QED) is 0.246. The maximum Gasteiger partial charge on any atom is 0.336 e. The molecule has 0 spiro atoms. The van der Waals surface area contributed by atoms with Gasteiger partial charge in [-0.3, -0.25) is 14.5 Å². The fourth-order valence-corrected chi connectivity index (χ4v) is 8.27. The van der Waals surface area contributed by atoms with Crippen molar-refractivity contribution in [1.82, 2.24) is 24.6 Å². The topological polar surface area (TPSA) is 86.3 Å². The molecule has 5 rings (SSSR count). The highest BCUT2D eigenvalue weighted by Gasteiger charge is 2.37. The van der Waals surface area contributed by atoms with E-state index in [9.17, 15) is 14.4 Å². The van der Waals surface area contributed by atoms with Crippen molar-refractivity contribution < 1.29 is 19.1 Å². The molecule has 2 amide bonds. The molecule has 0 radical (unpaired) electrons. The predicted octanol–water partition coefficient (Wildman–Crippen LogP) is 6.14. The summed E-state index contributed by atoms with van der Waals surface area (Å²) >= 11 is 15.0. The lowest BCUT2D eigenvalue weighted by Gasteiger charge is -2.39. The summed E-state index contributed by atoms with van der Waals surface area (Å²) in [6.45, 7) is 8.90. The molecular weight excluding hydrogens is 657 g/mol. The van der Waals surface area contributed by atoms with E-state index in [1.165, 1.54) is 7.11 Å². The maximum atomic E-state index is 13.9. The Morgan fingerprint density at radius 2 is 1.81 bits per heavy atom. The van der Waals surface area contributed by atoms with E-state index in [4.69, 9.17) is 27.9 Å². The number of nitrogens with zero attached hydrogens (tertiary/aromatic N) is 5. The van der Waals surface area contributed by atoms with E-state index in [1.54, 1.807) is 35.7 Å². The summed E-state index contributed by atoms with van der Waals surface area (Å²) in [5.41, 5.74) is 2.41. The van der Waals surface area contributed by atoms with Crippen molar-refractivity contribution in [3.05, 3.63) is 73.4 Å². The van der Waals surface area contributed by atoms with Gasteiger partial charge in [-0.2, -0.15) is 0 Å². The number of hydrogen-bond donors (Lipinski definition) is 0. The zero-order valence-corrected chi connectivity index (χ0v) is 30.1. The summed E-state index contributed by atoms with van der Waals surface area (Å²) in [5.74, 6) is -0.864. The van der Waals surface area contributed by atoms with Crippen molar-refractivity contribution in [2.24, 2.45) is 0 Å². The normalized spacial score (nSPS) is 19.4. The van der Waals surface area contributed by atoms with E-state index >= 15 is 0 Å². The van der Waals surface area contributed by atoms with Gasteiger partial charge in [-0.05, 0) is 58.2 Å². The molecule has 2 fully saturated rings. The Morgan fingerprint density at radius 1 is 1.09 bits per heavy atom. The van der Waals surface area contributed by atoms with Crippen LogP contribution in [0.25, 0.3) is 0 Å². The van der Waals surface area contributed by atoms with E-state index < -0.39 is 11.9 Å². The molecule has 0 aliphatic carbocycles. The number of aromatic nitrogens is 1. The van der Waals surface area contributed by atoms with Crippen LogP contribution in [0.15, 0.2) is 52.8 Å². The maximum absolute atomic E-state index is 13.9. The van der Waals surface area contributed by atoms with E-state index in [1.807, 2.05) is 33.2 Å². The van der Waals surface area contributed by atoms with E-state index in [2.05, 4.69) is 23.7 Å². The highest BCUT2D eigenvalue weighted by atomic mass is 35.5. The third-order valence-electron chi connectivity index (χ3n) is 9.72. The number of carbonyl (C=O) groups excluding carboxylic acids is 3. The number of aryl methyl sites for hydroxylation is 1. The fourth-order valence-electron chi connectivity index (χ4n) is 7.02. The largest absolute Gasteiger partial charge is 0.466 e. The van der Waals surface area contributed by atoms with Crippen molar-refractivity contribution >= 4 is 52.3 Å². The summed E-state index contributed by atoms with van der Waals surface area (Å²) in [6.07, 6.45) is 8.79. The van der Waals surface area contributed by atoms with Gasteiger partial charge in [0.25, 0.3) is 0 Å². The number of esters is 1. The summed E-state index contributed by atoms with van der Waals surface area (Å²) in [6, 6.07) is 5.30. The smallest absolute Gasteiger partial charge is 0.336 e. The number of amides is 2. The van der Waals surface area contributed by atoms with Crippen LogP contribution >= 0.6 is 34.5 Å². The zero-order chi connectivity index (χ0) is 33.7. The monoisotopic (exact) mass is 701 g/mol. The highest BCUT2D eigenvalue weighted by Crippen LogP contribution is 2.44. The molecule has 4 heterocycles. The number of allylic oxidation sites excluding steroid dienone is 2. The van der Waals surface area contributed by atoms with Crippen molar-refractivity contribution in [2.45, 2.75) is 70.3 Å². The fraction of sp³-hybridized carbons (Fsp3) is 0.543. The van der Waals surface area contributed by atoms with Gasteiger partial charge in [0.1, 0.15) is 0 Å². The molecule has 12 heteroatoms. The van der Waals surface area contributed by atoms with Gasteiger partial charge in [-0.1, -0.05) is 35.3 Å². The van der Waals surface area contributed by atoms with Gasteiger partial charge < -0.3 is 19.4 Å². The van der Waals surface area contributed by atoms with Crippen LogP contribution < -0.4 is 0 Å². The van der Waals surface area contributed by atoms with E-state index in [-0.39, 0.29) is 23.8 Å². The third-order valence-corrected chi connectivity index (χ3v) is 11.2. The Hall–Kier alpha value is -2.92. The second kappa shape index (κ2) is 15.5. The molecule has 47 heavy (non-hydrogen) atoms. The second-order valence-corrected chi connectivity index (χ2v) is 14.9. The van der Waals surface area contributed by atoms with Crippen molar-refractivity contribution in [2.75, 3.05) is 53.4 Å². The van der Waals surface area contributed by atoms with Crippen molar-refractivity contribution in [1.29, 1.82) is 0 Å². The Labute approximate surface area is 292 Å². The summed E-state index contributed by atoms with van der Waals surface area (Å²) in [7, 11) is 3.25. The Bertz CT molecular complexity index is 1500. The number of thiazole rings is 1. The first-order chi connectivity index (χ1) is 22.5. The van der Waals surface area contributed by atoms with Gasteiger partial charge in [0, 0.05) is 103 Å². The van der Waals surface area contributed by atoms with Gasteiger partial charge in [0.15, 0.2) is 0 Å². The van der Waals surface area contributed by atoms with E-state index in [0.717, 1.165) is 62.6 Å². The molecule has 254 valence electrons. The van der Waals surface area contributed by atoms with Crippen LogP contribution in [0.4, 0.5) is 0 Å². The zero-order valence-electron chi connectivity index (χ0n) is 27.8. The van der Waals surface area contributed by atoms with Gasteiger partial charge in [0.2, 0.25) is 11.8 Å². The summed E-state index contributed by atoms with van der Waals surface area (Å²) in [4.78, 5) is 52.4. The van der Waals surface area contributed by atoms with Gasteiger partial charge >= 0.3 is 5.97 Å². The molecule has 3 aliphatic heterocycles. The lowest BCUT2D eigenvalue weighted by atomic mass is 9.84. The lowest BCUT2D eigenvalue weighted by Crippen LogP contribution is -2.50. The Kier molecular flexibility index (Phi) is 11.7. The Balaban J connectivity index is 1.29. The second-order valence-electron chi connectivity index (χ2n) is 13.1. The van der Waals surface area contributed by atoms with Gasteiger partial charge in [-0.25, -0.2) is 9.78 Å². The van der Waals surface area contributed by atoms with Crippen LogP contribution in [0.5, 0.6) is 0 Å². The van der Waals surface area contributed by atoms with Crippen LogP contribution in [0.3, 0.4) is 0 Å². The minimum Gasteiger partial charge on any atom is -0.466 e. The number of ether oxygens (including phenoxy) is 1. The predicted molar refractivity (Wildman–Crippen MR) is 186 cm³/mol. The first-order valence-corrected chi connectivity index (χ1v) is 18.0. The molecule has 0 saturated carbocycles. The number of methoxy groups -OCH3 is 1. The number of benzene rings is 1. The number of halogens is 2. The molecule has 1 unspecified atom stereocenters. The van der Waals surface area contributed by atoms with Crippen LogP contribution in [0.1, 0.15) is 68.9 Å². The average molecular weight is 703 g/mol. The molecule has 0 bridgehead atoms. The SMILES string of the molecule is COC(=O)C1=C(CC(=O)N2CCN(CCCC(C)(C)N3CCCC3=O)CC2)N(C)C(CCc2nccs2)=CC1c1c(Cl)cccc1Cl. The van der Waals surface area contributed by atoms with Gasteiger partial charge in [-0.15, -0.1) is 11.3 Å². The van der Waals surface area contributed by atoms with Crippen LogP contribution in [0, 0.1) is 0 Å². The minimum atomic E-state index is -0.578. The average Bonchev–Trinajstić information content (AvgIpc) is 3.74. The van der Waals surface area contributed by atoms with Crippen LogP contribution in [0.2, 0.25) is 10.0 Å². The molecule has 3 aliphatic rings. The highest BCUT2D eigenvalue weighted by molar-refractivity contribution is 7.09. The van der Waals surface area contributed by atoms with Gasteiger partial charge in [0.05, 0.1) is 24.1 Å². The number of likely N-dealkylation sites (tertiary alicyclic amines) is 1. The number of piperazine rings is 1. The summed E-state index contributed by atoms with van der Waals surface area (Å²) in [5, 5.41) is 3.86. The molecular formula is C35H45Cl2N5O4S. The third kappa shape index (κ3) is 8.21. The van der Waals surface area contributed by atoms with Crippen molar-refractivity contribution in [3.8, 4) is 0 Å². The lowest BCUT2D eigenvalue weighted by molar-refractivity contribution is -0.136. The molecule has 2 saturated heterocycles. The van der Waals surface area contributed by atoms with Crippen molar-refractivity contribution in [3.63, 3.8) is 0 Å². The number of carbonyl (C=O) groups is 3. The number of hydrogen-bond acceptors (Lipinski definition) is 8.